The van der Waals surface area contributed by atoms with Crippen LogP contribution in [0.5, 0.6) is 0 Å². The summed E-state index contributed by atoms with van der Waals surface area (Å²) < 4.78 is 28.1. The van der Waals surface area contributed by atoms with Gasteiger partial charge in [0.1, 0.15) is 0 Å². The van der Waals surface area contributed by atoms with Crippen molar-refractivity contribution in [2.24, 2.45) is 0 Å². The summed E-state index contributed by atoms with van der Waals surface area (Å²) in [6.45, 7) is 1.85. The molecule has 0 radical (unpaired) electrons. The van der Waals surface area contributed by atoms with Crippen LogP contribution in [0, 0.1) is 6.92 Å². The van der Waals surface area contributed by atoms with E-state index in [1.54, 1.807) is 36.4 Å². The van der Waals surface area contributed by atoms with Gasteiger partial charge in [0.15, 0.2) is 0 Å². The number of sulfonamides is 1. The van der Waals surface area contributed by atoms with Crippen molar-refractivity contribution < 1.29 is 8.42 Å². The number of benzene rings is 3. The van der Waals surface area contributed by atoms with Crippen LogP contribution in [0.4, 0.5) is 5.69 Å². The molecule has 0 fully saturated rings. The minimum absolute atomic E-state index is 0.136. The molecule has 1 N–H and O–H groups in total. The first-order valence-electron chi connectivity index (χ1n) is 6.85. The van der Waals surface area contributed by atoms with Crippen LogP contribution in [-0.4, -0.2) is 8.42 Å². The number of anilines is 1. The SMILES string of the molecule is Cc1ccc(NS(=O)(=O)c2cccc3cccc(Cl)c23)cc1Cl. The van der Waals surface area contributed by atoms with Gasteiger partial charge in [-0.25, -0.2) is 8.42 Å². The fraction of sp³-hybridized carbons (Fsp3) is 0.0588. The van der Waals surface area contributed by atoms with Crippen LogP contribution in [0.1, 0.15) is 5.56 Å². The third kappa shape index (κ3) is 3.15. The lowest BCUT2D eigenvalue weighted by Gasteiger charge is -2.12. The van der Waals surface area contributed by atoms with Gasteiger partial charge < -0.3 is 0 Å². The Hall–Kier alpha value is -1.75. The van der Waals surface area contributed by atoms with Gasteiger partial charge in [0.25, 0.3) is 10.0 Å². The maximum absolute atomic E-state index is 12.8. The molecule has 118 valence electrons. The van der Waals surface area contributed by atoms with E-state index in [-0.39, 0.29) is 4.90 Å². The Bertz CT molecular complexity index is 995. The van der Waals surface area contributed by atoms with Crippen molar-refractivity contribution in [3.05, 3.63) is 70.2 Å². The Kier molecular flexibility index (Phi) is 4.23. The number of hydrogen-bond acceptors (Lipinski definition) is 2. The van der Waals surface area contributed by atoms with Crippen LogP contribution in [0.15, 0.2) is 59.5 Å². The van der Waals surface area contributed by atoms with Gasteiger partial charge in [0.2, 0.25) is 0 Å². The molecule has 0 aliphatic rings. The molecular weight excluding hydrogens is 353 g/mol. The van der Waals surface area contributed by atoms with E-state index in [1.165, 1.54) is 6.07 Å². The molecule has 0 unspecified atom stereocenters. The number of nitrogens with one attached hydrogen (secondary N) is 1. The molecule has 23 heavy (non-hydrogen) atoms. The minimum Gasteiger partial charge on any atom is -0.280 e. The molecule has 3 nitrogen and oxygen atoms in total. The normalized spacial score (nSPS) is 11.6. The zero-order valence-electron chi connectivity index (χ0n) is 12.2. The molecule has 0 aromatic heterocycles. The third-order valence-electron chi connectivity index (χ3n) is 3.53. The van der Waals surface area contributed by atoms with Crippen LogP contribution in [0.3, 0.4) is 0 Å². The third-order valence-corrected chi connectivity index (χ3v) is 5.68. The smallest absolute Gasteiger partial charge is 0.262 e. The van der Waals surface area contributed by atoms with Gasteiger partial charge in [-0.15, -0.1) is 0 Å². The van der Waals surface area contributed by atoms with E-state index in [4.69, 9.17) is 23.2 Å². The molecule has 3 rings (SSSR count). The summed E-state index contributed by atoms with van der Waals surface area (Å²) in [5.41, 5.74) is 1.28. The van der Waals surface area contributed by atoms with E-state index in [2.05, 4.69) is 4.72 Å². The molecule has 0 aliphatic heterocycles. The summed E-state index contributed by atoms with van der Waals surface area (Å²) >= 11 is 12.3. The maximum Gasteiger partial charge on any atom is 0.262 e. The standard InChI is InChI=1S/C17H13Cl2NO2S/c1-11-8-9-13(10-15(11)19)20-23(21,22)16-7-3-5-12-4-2-6-14(18)17(12)16/h2-10,20H,1H3. The highest BCUT2D eigenvalue weighted by Crippen LogP contribution is 2.31. The summed E-state index contributed by atoms with van der Waals surface area (Å²) in [6, 6.07) is 15.3. The van der Waals surface area contributed by atoms with Crippen molar-refractivity contribution >= 4 is 49.7 Å². The molecule has 0 atom stereocenters. The molecule has 3 aromatic rings. The largest absolute Gasteiger partial charge is 0.280 e. The van der Waals surface area contributed by atoms with E-state index in [0.717, 1.165) is 10.9 Å². The predicted molar refractivity (Wildman–Crippen MR) is 96.0 cm³/mol. The summed E-state index contributed by atoms with van der Waals surface area (Å²) in [5.74, 6) is 0. The quantitative estimate of drug-likeness (QED) is 0.688. The first-order chi connectivity index (χ1) is 10.9. The average Bonchev–Trinajstić information content (AvgIpc) is 2.50. The number of hydrogen-bond donors (Lipinski definition) is 1. The van der Waals surface area contributed by atoms with Crippen LogP contribution >= 0.6 is 23.2 Å². The van der Waals surface area contributed by atoms with E-state index >= 15 is 0 Å². The monoisotopic (exact) mass is 365 g/mol. The molecule has 0 bridgehead atoms. The van der Waals surface area contributed by atoms with Crippen LogP contribution in [0.2, 0.25) is 10.0 Å². The van der Waals surface area contributed by atoms with Gasteiger partial charge in [0, 0.05) is 15.4 Å². The van der Waals surface area contributed by atoms with Gasteiger partial charge in [-0.05, 0) is 42.1 Å². The molecule has 0 saturated carbocycles. The summed E-state index contributed by atoms with van der Waals surface area (Å²) in [4.78, 5) is 0.136. The molecule has 0 saturated heterocycles. The average molecular weight is 366 g/mol. The molecule has 0 spiro atoms. The second kappa shape index (κ2) is 6.04. The minimum atomic E-state index is -3.79. The van der Waals surface area contributed by atoms with Crippen molar-refractivity contribution in [1.82, 2.24) is 0 Å². The zero-order chi connectivity index (χ0) is 16.6. The topological polar surface area (TPSA) is 46.2 Å². The first kappa shape index (κ1) is 16.1. The molecule has 0 aliphatic carbocycles. The van der Waals surface area contributed by atoms with Gasteiger partial charge >= 0.3 is 0 Å². The molecule has 6 heteroatoms. The Morgan fingerprint density at radius 1 is 0.913 bits per heavy atom. The summed E-state index contributed by atoms with van der Waals surface area (Å²) in [6.07, 6.45) is 0. The van der Waals surface area contributed by atoms with Gasteiger partial charge in [-0.3, -0.25) is 4.72 Å². The lowest BCUT2D eigenvalue weighted by atomic mass is 10.1. The first-order valence-corrected chi connectivity index (χ1v) is 9.08. The Labute approximate surface area is 144 Å². The maximum atomic E-state index is 12.8. The van der Waals surface area contributed by atoms with Crippen molar-refractivity contribution in [2.75, 3.05) is 4.72 Å². The van der Waals surface area contributed by atoms with Crippen LogP contribution in [0.25, 0.3) is 10.8 Å². The molecule has 0 heterocycles. The van der Waals surface area contributed by atoms with Gasteiger partial charge in [0.05, 0.1) is 10.6 Å². The fourth-order valence-corrected chi connectivity index (χ4v) is 4.17. The Morgan fingerprint density at radius 2 is 1.61 bits per heavy atom. The Balaban J connectivity index is 2.11. The van der Waals surface area contributed by atoms with E-state index < -0.39 is 10.0 Å². The number of fused-ring (bicyclic) bond motifs is 1. The van der Waals surface area contributed by atoms with Crippen molar-refractivity contribution in [2.45, 2.75) is 11.8 Å². The van der Waals surface area contributed by atoms with Crippen LogP contribution in [-0.2, 0) is 10.0 Å². The highest BCUT2D eigenvalue weighted by Gasteiger charge is 2.19. The highest BCUT2D eigenvalue weighted by atomic mass is 35.5. The van der Waals surface area contributed by atoms with Crippen molar-refractivity contribution in [3.63, 3.8) is 0 Å². The van der Waals surface area contributed by atoms with E-state index in [9.17, 15) is 8.42 Å². The number of rotatable bonds is 3. The molecular formula is C17H13Cl2NO2S. The summed E-state index contributed by atoms with van der Waals surface area (Å²) in [5, 5.41) is 2.16. The van der Waals surface area contributed by atoms with E-state index in [0.29, 0.717) is 21.1 Å². The number of halogens is 2. The highest BCUT2D eigenvalue weighted by molar-refractivity contribution is 7.93. The van der Waals surface area contributed by atoms with Gasteiger partial charge in [-0.2, -0.15) is 0 Å². The fourth-order valence-electron chi connectivity index (χ4n) is 2.35. The van der Waals surface area contributed by atoms with Crippen molar-refractivity contribution in [3.8, 4) is 0 Å². The zero-order valence-corrected chi connectivity index (χ0v) is 14.5. The second-order valence-electron chi connectivity index (χ2n) is 5.16. The van der Waals surface area contributed by atoms with Gasteiger partial charge in [-0.1, -0.05) is 53.5 Å². The van der Waals surface area contributed by atoms with Crippen LogP contribution < -0.4 is 4.72 Å². The van der Waals surface area contributed by atoms with Crippen molar-refractivity contribution in [1.29, 1.82) is 0 Å². The second-order valence-corrected chi connectivity index (χ2v) is 7.63. The molecule has 3 aromatic carbocycles. The Morgan fingerprint density at radius 3 is 2.30 bits per heavy atom. The molecule has 0 amide bonds. The number of aryl methyl sites for hydroxylation is 1. The lowest BCUT2D eigenvalue weighted by molar-refractivity contribution is 0.602. The predicted octanol–water partition coefficient (Wildman–Crippen LogP) is 5.26. The summed E-state index contributed by atoms with van der Waals surface area (Å²) in [7, 11) is -3.79. The lowest BCUT2D eigenvalue weighted by Crippen LogP contribution is -2.13. The van der Waals surface area contributed by atoms with E-state index in [1.807, 2.05) is 19.1 Å².